The summed E-state index contributed by atoms with van der Waals surface area (Å²) in [6.45, 7) is 6.83. The summed E-state index contributed by atoms with van der Waals surface area (Å²) < 4.78 is 5.77. The van der Waals surface area contributed by atoms with Gasteiger partial charge in [-0.25, -0.2) is 0 Å². The molecule has 0 radical (unpaired) electrons. The van der Waals surface area contributed by atoms with E-state index >= 15 is 0 Å². The van der Waals surface area contributed by atoms with Crippen molar-refractivity contribution in [3.05, 3.63) is 35.5 Å². The molecule has 1 fully saturated rings. The maximum absolute atomic E-state index is 5.77. The van der Waals surface area contributed by atoms with Crippen LogP contribution in [0.25, 0.3) is 10.9 Å². The number of benzene rings is 1. The lowest BCUT2D eigenvalue weighted by Gasteiger charge is -2.28. The Balaban J connectivity index is 1.70. The number of rotatable bonds is 4. The van der Waals surface area contributed by atoms with Crippen LogP contribution in [0.4, 0.5) is 0 Å². The number of aromatic amines is 1. The minimum Gasteiger partial charge on any atom is -0.374 e. The second-order valence-corrected chi connectivity index (χ2v) is 5.67. The van der Waals surface area contributed by atoms with E-state index in [0.29, 0.717) is 6.10 Å². The van der Waals surface area contributed by atoms with Gasteiger partial charge in [-0.2, -0.15) is 0 Å². The summed E-state index contributed by atoms with van der Waals surface area (Å²) in [7, 11) is 2.17. The largest absolute Gasteiger partial charge is 0.374 e. The first kappa shape index (κ1) is 13.6. The Bertz CT molecular complexity index is 572. The second-order valence-electron chi connectivity index (χ2n) is 5.67. The number of morpholine rings is 1. The number of para-hydroxylation sites is 1. The predicted molar refractivity (Wildman–Crippen MR) is 82.0 cm³/mol. The summed E-state index contributed by atoms with van der Waals surface area (Å²) >= 11 is 0. The molecule has 4 heteroatoms. The molecular weight excluding hydrogens is 250 g/mol. The van der Waals surface area contributed by atoms with Gasteiger partial charge in [-0.15, -0.1) is 0 Å². The molecule has 0 spiro atoms. The molecule has 20 heavy (non-hydrogen) atoms. The van der Waals surface area contributed by atoms with Gasteiger partial charge >= 0.3 is 0 Å². The number of H-pyrrole nitrogens is 1. The molecule has 108 valence electrons. The molecule has 0 bridgehead atoms. The van der Waals surface area contributed by atoms with Crippen molar-refractivity contribution < 1.29 is 4.74 Å². The van der Waals surface area contributed by atoms with E-state index in [-0.39, 0.29) is 0 Å². The van der Waals surface area contributed by atoms with Crippen molar-refractivity contribution in [3.63, 3.8) is 0 Å². The molecule has 1 atom stereocenters. The molecule has 1 unspecified atom stereocenters. The number of hydrogen-bond donors (Lipinski definition) is 2. The molecular formula is C16H23N3O. The van der Waals surface area contributed by atoms with E-state index in [4.69, 9.17) is 4.74 Å². The van der Waals surface area contributed by atoms with Crippen LogP contribution in [0.15, 0.2) is 24.3 Å². The van der Waals surface area contributed by atoms with Crippen molar-refractivity contribution in [2.75, 3.05) is 33.3 Å². The average molecular weight is 273 g/mol. The van der Waals surface area contributed by atoms with E-state index in [9.17, 15) is 0 Å². The Morgan fingerprint density at radius 2 is 2.20 bits per heavy atom. The lowest BCUT2D eigenvalue weighted by molar-refractivity contribution is 0.00888. The van der Waals surface area contributed by atoms with E-state index < -0.39 is 0 Å². The van der Waals surface area contributed by atoms with E-state index in [2.05, 4.69) is 53.4 Å². The maximum Gasteiger partial charge on any atom is 0.0826 e. The summed E-state index contributed by atoms with van der Waals surface area (Å²) in [5.74, 6) is 0. The van der Waals surface area contributed by atoms with Gasteiger partial charge in [-0.1, -0.05) is 18.2 Å². The predicted octanol–water partition coefficient (Wildman–Crippen LogP) is 1.90. The minimum atomic E-state index is 0.305. The smallest absolute Gasteiger partial charge is 0.0826 e. The van der Waals surface area contributed by atoms with Crippen LogP contribution in [0.1, 0.15) is 11.3 Å². The van der Waals surface area contributed by atoms with Crippen LogP contribution in [0, 0.1) is 6.92 Å². The maximum atomic E-state index is 5.77. The molecule has 1 saturated heterocycles. The Labute approximate surface area is 120 Å². The molecule has 0 saturated carbocycles. The van der Waals surface area contributed by atoms with Crippen molar-refractivity contribution in [3.8, 4) is 0 Å². The van der Waals surface area contributed by atoms with Crippen molar-refractivity contribution in [1.82, 2.24) is 15.2 Å². The molecule has 2 N–H and O–H groups in total. The van der Waals surface area contributed by atoms with Crippen LogP contribution in [-0.2, 0) is 11.3 Å². The SMILES string of the molecule is Cc1[nH]c2ccccc2c1CN(C)CC1CNCCO1. The monoisotopic (exact) mass is 273 g/mol. The number of aromatic nitrogens is 1. The molecule has 1 aliphatic heterocycles. The third kappa shape index (κ3) is 2.87. The molecule has 1 aromatic heterocycles. The summed E-state index contributed by atoms with van der Waals surface area (Å²) in [6, 6.07) is 8.52. The topological polar surface area (TPSA) is 40.3 Å². The zero-order valence-corrected chi connectivity index (χ0v) is 12.3. The summed E-state index contributed by atoms with van der Waals surface area (Å²) in [4.78, 5) is 5.81. The highest BCUT2D eigenvalue weighted by atomic mass is 16.5. The van der Waals surface area contributed by atoms with Gasteiger partial charge in [-0.05, 0) is 25.6 Å². The molecule has 2 aromatic rings. The molecule has 3 rings (SSSR count). The van der Waals surface area contributed by atoms with Gasteiger partial charge in [0, 0.05) is 42.8 Å². The molecule has 4 nitrogen and oxygen atoms in total. The third-order valence-electron chi connectivity index (χ3n) is 3.97. The van der Waals surface area contributed by atoms with E-state index in [0.717, 1.165) is 32.8 Å². The van der Waals surface area contributed by atoms with Crippen LogP contribution in [-0.4, -0.2) is 49.3 Å². The zero-order valence-electron chi connectivity index (χ0n) is 12.3. The van der Waals surface area contributed by atoms with Crippen LogP contribution in [0.3, 0.4) is 0 Å². The van der Waals surface area contributed by atoms with Crippen LogP contribution in [0.5, 0.6) is 0 Å². The van der Waals surface area contributed by atoms with Crippen molar-refractivity contribution in [2.45, 2.75) is 19.6 Å². The summed E-state index contributed by atoms with van der Waals surface area (Å²) in [6.07, 6.45) is 0.305. The zero-order chi connectivity index (χ0) is 13.9. The number of nitrogens with zero attached hydrogens (tertiary/aromatic N) is 1. The number of fused-ring (bicyclic) bond motifs is 1. The average Bonchev–Trinajstić information content (AvgIpc) is 2.76. The van der Waals surface area contributed by atoms with Crippen molar-refractivity contribution in [2.24, 2.45) is 0 Å². The van der Waals surface area contributed by atoms with Crippen molar-refractivity contribution in [1.29, 1.82) is 0 Å². The number of hydrogen-bond acceptors (Lipinski definition) is 3. The first-order valence-electron chi connectivity index (χ1n) is 7.31. The van der Waals surface area contributed by atoms with E-state index in [1.54, 1.807) is 0 Å². The normalized spacial score (nSPS) is 19.9. The van der Waals surface area contributed by atoms with Gasteiger partial charge in [0.15, 0.2) is 0 Å². The molecule has 2 heterocycles. The standard InChI is InChI=1S/C16H23N3O/c1-12-15(14-5-3-4-6-16(14)18-12)11-19(2)10-13-9-17-7-8-20-13/h3-6,13,17-18H,7-11H2,1-2H3. The highest BCUT2D eigenvalue weighted by Crippen LogP contribution is 2.23. The first-order valence-corrected chi connectivity index (χ1v) is 7.31. The van der Waals surface area contributed by atoms with Gasteiger partial charge in [-0.3, -0.25) is 4.90 Å². The first-order chi connectivity index (χ1) is 9.74. The van der Waals surface area contributed by atoms with Gasteiger partial charge in [0.25, 0.3) is 0 Å². The summed E-state index contributed by atoms with van der Waals surface area (Å²) in [5.41, 5.74) is 3.89. The lowest BCUT2D eigenvalue weighted by Crippen LogP contribution is -2.44. The third-order valence-corrected chi connectivity index (χ3v) is 3.97. The lowest BCUT2D eigenvalue weighted by atomic mass is 10.1. The Morgan fingerprint density at radius 3 is 3.00 bits per heavy atom. The van der Waals surface area contributed by atoms with Crippen LogP contribution >= 0.6 is 0 Å². The Hall–Kier alpha value is -1.36. The fourth-order valence-corrected chi connectivity index (χ4v) is 2.96. The van der Waals surface area contributed by atoms with Crippen LogP contribution in [0.2, 0.25) is 0 Å². The molecule has 0 aliphatic carbocycles. The summed E-state index contributed by atoms with van der Waals surface area (Å²) in [5, 5.41) is 4.72. The van der Waals surface area contributed by atoms with Crippen molar-refractivity contribution >= 4 is 10.9 Å². The minimum absolute atomic E-state index is 0.305. The molecule has 1 aromatic carbocycles. The number of nitrogens with one attached hydrogen (secondary N) is 2. The fourth-order valence-electron chi connectivity index (χ4n) is 2.96. The van der Waals surface area contributed by atoms with E-state index in [1.807, 2.05) is 0 Å². The highest BCUT2D eigenvalue weighted by Gasteiger charge is 2.17. The van der Waals surface area contributed by atoms with Gasteiger partial charge < -0.3 is 15.0 Å². The van der Waals surface area contributed by atoms with Gasteiger partial charge in [0.1, 0.15) is 0 Å². The number of likely N-dealkylation sites (N-methyl/N-ethyl adjacent to an activating group) is 1. The molecule has 0 amide bonds. The Morgan fingerprint density at radius 1 is 1.35 bits per heavy atom. The quantitative estimate of drug-likeness (QED) is 0.894. The fraction of sp³-hybridized carbons (Fsp3) is 0.500. The van der Waals surface area contributed by atoms with Gasteiger partial charge in [0.05, 0.1) is 12.7 Å². The highest BCUT2D eigenvalue weighted by molar-refractivity contribution is 5.84. The van der Waals surface area contributed by atoms with Gasteiger partial charge in [0.2, 0.25) is 0 Å². The number of aryl methyl sites for hydroxylation is 1. The van der Waals surface area contributed by atoms with Crippen LogP contribution < -0.4 is 5.32 Å². The Kier molecular flexibility index (Phi) is 4.05. The van der Waals surface area contributed by atoms with E-state index in [1.165, 1.54) is 22.2 Å². The number of ether oxygens (including phenoxy) is 1. The molecule has 1 aliphatic rings. The second kappa shape index (κ2) is 5.95.